The minimum absolute atomic E-state index is 0.374. The fourth-order valence-electron chi connectivity index (χ4n) is 2.73. The van der Waals surface area contributed by atoms with Crippen molar-refractivity contribution in [3.8, 4) is 23.6 Å². The molecule has 1 aromatic heterocycles. The van der Waals surface area contributed by atoms with E-state index in [1.807, 2.05) is 43.6 Å². The number of rotatable bonds is 9. The summed E-state index contributed by atoms with van der Waals surface area (Å²) in [6, 6.07) is 7.47. The molecule has 2 rings (SSSR count). The number of hydrogen-bond acceptors (Lipinski definition) is 3. The molecule has 4 nitrogen and oxygen atoms in total. The van der Waals surface area contributed by atoms with Gasteiger partial charge in [-0.3, -0.25) is 4.68 Å². The highest BCUT2D eigenvalue weighted by molar-refractivity contribution is 6.32. The molecule has 5 heteroatoms. The molecule has 150 valence electrons. The minimum atomic E-state index is 0.374. The van der Waals surface area contributed by atoms with Crippen LogP contribution in [0.3, 0.4) is 0 Å². The molecule has 0 aliphatic carbocycles. The Hall–Kier alpha value is -3.16. The van der Waals surface area contributed by atoms with Crippen molar-refractivity contribution < 1.29 is 0 Å². The first-order valence-corrected chi connectivity index (χ1v) is 9.65. The third-order valence-corrected chi connectivity index (χ3v) is 4.68. The summed E-state index contributed by atoms with van der Waals surface area (Å²) in [6.45, 7) is 16.9. The Labute approximate surface area is 178 Å². The van der Waals surface area contributed by atoms with Crippen molar-refractivity contribution in [2.45, 2.75) is 20.4 Å². The molecule has 0 amide bonds. The normalized spacial score (nSPS) is 11.1. The summed E-state index contributed by atoms with van der Waals surface area (Å²) in [5, 5.41) is 11.5. The molecule has 0 bridgehead atoms. The standard InChI is InChI=1S/C24H27ClN4/c1-8-20-9-10-21(14-22(20)25)23-11-12-29(28-23)15-18(5)27-19(6)17(4)13-24(26-7)16(2)3/h1,9-14,16,26-27H,4-6,15H2,2-3,7H3/b24-13-. The van der Waals surface area contributed by atoms with Gasteiger partial charge >= 0.3 is 0 Å². The smallest absolute Gasteiger partial charge is 0.0923 e. The van der Waals surface area contributed by atoms with Crippen molar-refractivity contribution in [2.24, 2.45) is 5.92 Å². The lowest BCUT2D eigenvalue weighted by molar-refractivity contribution is 0.654. The highest BCUT2D eigenvalue weighted by atomic mass is 35.5. The van der Waals surface area contributed by atoms with E-state index < -0.39 is 0 Å². The van der Waals surface area contributed by atoms with E-state index in [0.717, 1.165) is 28.2 Å². The Morgan fingerprint density at radius 2 is 2.03 bits per heavy atom. The molecule has 2 N–H and O–H groups in total. The van der Waals surface area contributed by atoms with Crippen LogP contribution in [-0.4, -0.2) is 16.8 Å². The number of aromatic nitrogens is 2. The number of nitrogens with zero attached hydrogens (tertiary/aromatic N) is 2. The van der Waals surface area contributed by atoms with Crippen LogP contribution in [0.1, 0.15) is 19.4 Å². The maximum Gasteiger partial charge on any atom is 0.0923 e. The molecule has 1 aromatic carbocycles. The van der Waals surface area contributed by atoms with Crippen LogP contribution in [0.2, 0.25) is 5.02 Å². The summed E-state index contributed by atoms with van der Waals surface area (Å²) in [6.07, 6.45) is 9.30. The molecule has 0 saturated heterocycles. The first kappa shape index (κ1) is 22.1. The van der Waals surface area contributed by atoms with E-state index in [1.165, 1.54) is 0 Å². The van der Waals surface area contributed by atoms with Crippen LogP contribution < -0.4 is 10.6 Å². The molecule has 0 aliphatic rings. The van der Waals surface area contributed by atoms with Gasteiger partial charge in [0, 0.05) is 41.5 Å². The molecular formula is C24H27ClN4. The number of benzene rings is 1. The van der Waals surface area contributed by atoms with E-state index in [9.17, 15) is 0 Å². The van der Waals surface area contributed by atoms with Gasteiger partial charge in [-0.15, -0.1) is 6.42 Å². The molecule has 0 atom stereocenters. The van der Waals surface area contributed by atoms with Crippen LogP contribution in [-0.2, 0) is 6.54 Å². The molecule has 0 fully saturated rings. The van der Waals surface area contributed by atoms with Gasteiger partial charge in [0.05, 0.1) is 17.3 Å². The van der Waals surface area contributed by atoms with Crippen molar-refractivity contribution in [3.05, 3.63) is 89.5 Å². The third-order valence-electron chi connectivity index (χ3n) is 4.37. The number of halogens is 1. The minimum Gasteiger partial charge on any atom is -0.391 e. The predicted molar refractivity (Wildman–Crippen MR) is 123 cm³/mol. The molecular weight excluding hydrogens is 380 g/mol. The van der Waals surface area contributed by atoms with Crippen LogP contribution in [0.25, 0.3) is 11.3 Å². The highest BCUT2D eigenvalue weighted by Crippen LogP contribution is 2.24. The average molecular weight is 407 g/mol. The van der Waals surface area contributed by atoms with Gasteiger partial charge in [-0.2, -0.15) is 5.10 Å². The Morgan fingerprint density at radius 3 is 2.62 bits per heavy atom. The molecule has 0 radical (unpaired) electrons. The van der Waals surface area contributed by atoms with Crippen LogP contribution >= 0.6 is 11.6 Å². The largest absolute Gasteiger partial charge is 0.391 e. The van der Waals surface area contributed by atoms with Crippen LogP contribution in [0.4, 0.5) is 0 Å². The second kappa shape index (κ2) is 9.86. The second-order valence-electron chi connectivity index (χ2n) is 6.97. The van der Waals surface area contributed by atoms with E-state index in [-0.39, 0.29) is 0 Å². The third kappa shape index (κ3) is 5.91. The van der Waals surface area contributed by atoms with E-state index in [2.05, 4.69) is 55.2 Å². The lowest BCUT2D eigenvalue weighted by Gasteiger charge is -2.15. The van der Waals surface area contributed by atoms with Crippen molar-refractivity contribution in [1.29, 1.82) is 0 Å². The zero-order chi connectivity index (χ0) is 21.6. The summed E-state index contributed by atoms with van der Waals surface area (Å²) in [4.78, 5) is 0. The summed E-state index contributed by atoms with van der Waals surface area (Å²) < 4.78 is 1.80. The number of terminal acetylenes is 1. The van der Waals surface area contributed by atoms with Crippen molar-refractivity contribution in [2.75, 3.05) is 7.05 Å². The van der Waals surface area contributed by atoms with E-state index in [1.54, 1.807) is 4.68 Å². The lowest BCUT2D eigenvalue weighted by atomic mass is 10.1. The molecule has 1 heterocycles. The fourth-order valence-corrected chi connectivity index (χ4v) is 2.96. The zero-order valence-corrected chi connectivity index (χ0v) is 18.0. The van der Waals surface area contributed by atoms with E-state index in [0.29, 0.717) is 28.7 Å². The predicted octanol–water partition coefficient (Wildman–Crippen LogP) is 5.12. The molecule has 0 saturated carbocycles. The van der Waals surface area contributed by atoms with Gasteiger partial charge in [-0.05, 0) is 35.8 Å². The first-order chi connectivity index (χ1) is 13.7. The quantitative estimate of drug-likeness (QED) is 0.448. The molecule has 0 spiro atoms. The molecule has 29 heavy (non-hydrogen) atoms. The van der Waals surface area contributed by atoms with E-state index in [4.69, 9.17) is 18.0 Å². The SMILES string of the molecule is C#Cc1ccc(-c2ccn(CC(=C)NC(=C)C(=C)/C=C(\NC)C(C)C)n2)cc1Cl. The topological polar surface area (TPSA) is 41.9 Å². The van der Waals surface area contributed by atoms with Crippen molar-refractivity contribution >= 4 is 11.6 Å². The average Bonchev–Trinajstić information content (AvgIpc) is 3.13. The second-order valence-corrected chi connectivity index (χ2v) is 7.38. The summed E-state index contributed by atoms with van der Waals surface area (Å²) in [5.74, 6) is 2.93. The maximum atomic E-state index is 6.20. The van der Waals surface area contributed by atoms with Crippen LogP contribution in [0.15, 0.2) is 78.9 Å². The number of allylic oxidation sites excluding steroid dienone is 3. The first-order valence-electron chi connectivity index (χ1n) is 9.27. The monoisotopic (exact) mass is 406 g/mol. The molecule has 0 aliphatic heterocycles. The fraction of sp³-hybridized carbons (Fsp3) is 0.208. The van der Waals surface area contributed by atoms with Crippen LogP contribution in [0, 0.1) is 18.3 Å². The molecule has 0 unspecified atom stereocenters. The Bertz CT molecular complexity index is 1000. The van der Waals surface area contributed by atoms with Gasteiger partial charge in [0.15, 0.2) is 0 Å². The van der Waals surface area contributed by atoms with Gasteiger partial charge in [-0.1, -0.05) is 57.2 Å². The Kier molecular flexibility index (Phi) is 7.52. The van der Waals surface area contributed by atoms with Gasteiger partial charge in [0.1, 0.15) is 0 Å². The maximum absolute atomic E-state index is 6.20. The number of nitrogens with one attached hydrogen (secondary N) is 2. The van der Waals surface area contributed by atoms with Gasteiger partial charge in [0.25, 0.3) is 0 Å². The Balaban J connectivity index is 2.02. The van der Waals surface area contributed by atoms with Crippen molar-refractivity contribution in [1.82, 2.24) is 20.4 Å². The van der Waals surface area contributed by atoms with Crippen molar-refractivity contribution in [3.63, 3.8) is 0 Å². The summed E-state index contributed by atoms with van der Waals surface area (Å²) in [7, 11) is 1.90. The van der Waals surface area contributed by atoms with E-state index >= 15 is 0 Å². The highest BCUT2D eigenvalue weighted by Gasteiger charge is 2.08. The van der Waals surface area contributed by atoms with Gasteiger partial charge < -0.3 is 10.6 Å². The zero-order valence-electron chi connectivity index (χ0n) is 17.2. The van der Waals surface area contributed by atoms with Gasteiger partial charge in [-0.25, -0.2) is 0 Å². The van der Waals surface area contributed by atoms with Gasteiger partial charge in [0.2, 0.25) is 0 Å². The summed E-state index contributed by atoms with van der Waals surface area (Å²) in [5.41, 5.74) is 5.73. The Morgan fingerprint density at radius 1 is 1.31 bits per heavy atom. The lowest BCUT2D eigenvalue weighted by Crippen LogP contribution is -2.18. The number of hydrogen-bond donors (Lipinski definition) is 2. The summed E-state index contributed by atoms with van der Waals surface area (Å²) >= 11 is 6.20. The van der Waals surface area contributed by atoms with Crippen LogP contribution in [0.5, 0.6) is 0 Å². The molecule has 2 aromatic rings.